The van der Waals surface area contributed by atoms with E-state index in [1.807, 2.05) is 6.07 Å². The molecule has 0 spiro atoms. The van der Waals surface area contributed by atoms with E-state index in [1.54, 1.807) is 6.20 Å². The zero-order valence-corrected chi connectivity index (χ0v) is 17.9. The molecule has 0 bridgehead atoms. The number of Topliss-reactive ketones (excluding diaryl/α,β-unsaturated/α-hetero) is 1. The van der Waals surface area contributed by atoms with Crippen molar-refractivity contribution in [1.82, 2.24) is 25.1 Å². The number of morpholine rings is 1. The summed E-state index contributed by atoms with van der Waals surface area (Å²) in [4.78, 5) is 22.8. The highest BCUT2D eigenvalue weighted by Crippen LogP contribution is 2.24. The van der Waals surface area contributed by atoms with Gasteiger partial charge in [0.25, 0.3) is 0 Å². The Hall–Kier alpha value is -3.43. The maximum Gasteiger partial charge on any atom is 0.156 e. The fourth-order valence-electron chi connectivity index (χ4n) is 4.11. The summed E-state index contributed by atoms with van der Waals surface area (Å²) in [5, 5.41) is 6.94. The SMILES string of the molecule is O=C(Cc1cn[nH]c1-c1nc2ccc(CN3CCOCC3)cc2[nH]1)Cc1c(F)cccc1F. The van der Waals surface area contributed by atoms with Crippen molar-refractivity contribution in [3.8, 4) is 11.5 Å². The van der Waals surface area contributed by atoms with Gasteiger partial charge in [0.15, 0.2) is 5.82 Å². The molecule has 2 aromatic carbocycles. The van der Waals surface area contributed by atoms with E-state index in [4.69, 9.17) is 4.74 Å². The molecule has 0 unspecified atom stereocenters. The highest BCUT2D eigenvalue weighted by molar-refractivity contribution is 5.85. The maximum atomic E-state index is 13.9. The van der Waals surface area contributed by atoms with Gasteiger partial charge in [-0.15, -0.1) is 0 Å². The van der Waals surface area contributed by atoms with E-state index in [2.05, 4.69) is 37.2 Å². The Kier molecular flexibility index (Phi) is 5.97. The van der Waals surface area contributed by atoms with Gasteiger partial charge in [0, 0.05) is 43.6 Å². The molecule has 33 heavy (non-hydrogen) atoms. The van der Waals surface area contributed by atoms with E-state index in [0.717, 1.165) is 56.0 Å². The molecular formula is C24H23F2N5O2. The first-order valence-corrected chi connectivity index (χ1v) is 10.8. The van der Waals surface area contributed by atoms with E-state index >= 15 is 0 Å². The number of rotatable bonds is 7. The number of halogens is 2. The van der Waals surface area contributed by atoms with Crippen molar-refractivity contribution >= 4 is 16.8 Å². The van der Waals surface area contributed by atoms with Crippen LogP contribution in [0.3, 0.4) is 0 Å². The third kappa shape index (κ3) is 4.69. The van der Waals surface area contributed by atoms with Gasteiger partial charge in [-0.25, -0.2) is 13.8 Å². The highest BCUT2D eigenvalue weighted by Gasteiger charge is 2.18. The van der Waals surface area contributed by atoms with Crippen LogP contribution in [0.4, 0.5) is 8.78 Å². The summed E-state index contributed by atoms with van der Waals surface area (Å²) >= 11 is 0. The van der Waals surface area contributed by atoms with Gasteiger partial charge in [0.1, 0.15) is 23.1 Å². The lowest BCUT2D eigenvalue weighted by atomic mass is 10.0. The van der Waals surface area contributed by atoms with Crippen LogP contribution >= 0.6 is 0 Å². The normalized spacial score (nSPS) is 14.7. The molecule has 0 saturated carbocycles. The Labute approximate surface area is 188 Å². The van der Waals surface area contributed by atoms with Crippen molar-refractivity contribution in [3.63, 3.8) is 0 Å². The van der Waals surface area contributed by atoms with Crippen molar-refractivity contribution in [2.75, 3.05) is 26.3 Å². The fraction of sp³-hybridized carbons (Fsp3) is 0.292. The average Bonchev–Trinajstić information content (AvgIpc) is 3.43. The van der Waals surface area contributed by atoms with Crippen LogP contribution in [0.25, 0.3) is 22.6 Å². The minimum absolute atomic E-state index is 0.0149. The van der Waals surface area contributed by atoms with E-state index in [0.29, 0.717) is 17.1 Å². The van der Waals surface area contributed by atoms with Gasteiger partial charge in [-0.2, -0.15) is 5.10 Å². The molecule has 0 radical (unpaired) electrons. The summed E-state index contributed by atoms with van der Waals surface area (Å²) in [5.41, 5.74) is 3.84. The minimum Gasteiger partial charge on any atom is -0.379 e. The lowest BCUT2D eigenvalue weighted by Crippen LogP contribution is -2.35. The highest BCUT2D eigenvalue weighted by atomic mass is 19.1. The predicted molar refractivity (Wildman–Crippen MR) is 119 cm³/mol. The molecule has 0 amide bonds. The Balaban J connectivity index is 1.33. The molecule has 0 atom stereocenters. The summed E-state index contributed by atoms with van der Waals surface area (Å²) in [6, 6.07) is 9.67. The van der Waals surface area contributed by atoms with Gasteiger partial charge in [-0.05, 0) is 29.8 Å². The lowest BCUT2D eigenvalue weighted by molar-refractivity contribution is -0.117. The summed E-state index contributed by atoms with van der Waals surface area (Å²) in [6.07, 6.45) is 1.20. The monoisotopic (exact) mass is 451 g/mol. The molecule has 2 N–H and O–H groups in total. The smallest absolute Gasteiger partial charge is 0.156 e. The first-order chi connectivity index (χ1) is 16.1. The van der Waals surface area contributed by atoms with Gasteiger partial charge >= 0.3 is 0 Å². The van der Waals surface area contributed by atoms with Crippen LogP contribution in [0.1, 0.15) is 16.7 Å². The molecule has 0 aliphatic carbocycles. The van der Waals surface area contributed by atoms with Crippen molar-refractivity contribution in [3.05, 3.63) is 70.9 Å². The van der Waals surface area contributed by atoms with Crippen molar-refractivity contribution in [2.45, 2.75) is 19.4 Å². The minimum atomic E-state index is -0.721. The molecule has 1 fully saturated rings. The zero-order chi connectivity index (χ0) is 22.8. The van der Waals surface area contributed by atoms with Gasteiger partial charge in [0.2, 0.25) is 0 Å². The second kappa shape index (κ2) is 9.21. The topological polar surface area (TPSA) is 86.9 Å². The predicted octanol–water partition coefficient (Wildman–Crippen LogP) is 3.42. The average molecular weight is 451 g/mol. The number of hydrogen-bond donors (Lipinski definition) is 2. The molecular weight excluding hydrogens is 428 g/mol. The number of imidazole rings is 1. The van der Waals surface area contributed by atoms with E-state index in [1.165, 1.54) is 11.6 Å². The number of aromatic nitrogens is 4. The van der Waals surface area contributed by atoms with E-state index < -0.39 is 11.6 Å². The van der Waals surface area contributed by atoms with Crippen LogP contribution in [-0.4, -0.2) is 57.2 Å². The molecule has 1 saturated heterocycles. The van der Waals surface area contributed by atoms with Crippen LogP contribution in [0.2, 0.25) is 0 Å². The Morgan fingerprint density at radius 2 is 1.88 bits per heavy atom. The van der Waals surface area contributed by atoms with Crippen LogP contribution < -0.4 is 0 Å². The number of benzene rings is 2. The largest absolute Gasteiger partial charge is 0.379 e. The summed E-state index contributed by atoms with van der Waals surface area (Å²) in [5.74, 6) is -1.20. The Morgan fingerprint density at radius 3 is 2.67 bits per heavy atom. The second-order valence-electron chi connectivity index (χ2n) is 8.19. The van der Waals surface area contributed by atoms with Gasteiger partial charge in [0.05, 0.1) is 30.4 Å². The van der Waals surface area contributed by atoms with Gasteiger partial charge < -0.3 is 9.72 Å². The van der Waals surface area contributed by atoms with Crippen molar-refractivity contribution in [2.24, 2.45) is 0 Å². The van der Waals surface area contributed by atoms with Crippen LogP contribution in [0.5, 0.6) is 0 Å². The lowest BCUT2D eigenvalue weighted by Gasteiger charge is -2.26. The van der Waals surface area contributed by atoms with Crippen LogP contribution in [0, 0.1) is 11.6 Å². The molecule has 7 nitrogen and oxygen atoms in total. The van der Waals surface area contributed by atoms with E-state index in [9.17, 15) is 13.6 Å². The number of ether oxygens (including phenoxy) is 1. The molecule has 170 valence electrons. The number of aromatic amines is 2. The Morgan fingerprint density at radius 1 is 1.09 bits per heavy atom. The third-order valence-electron chi connectivity index (χ3n) is 5.83. The summed E-state index contributed by atoms with van der Waals surface area (Å²) in [6.45, 7) is 4.16. The molecule has 9 heteroatoms. The fourth-order valence-corrected chi connectivity index (χ4v) is 4.11. The van der Waals surface area contributed by atoms with Crippen molar-refractivity contribution < 1.29 is 18.3 Å². The number of nitrogens with one attached hydrogen (secondary N) is 2. The molecule has 5 rings (SSSR count). The quantitative estimate of drug-likeness (QED) is 0.450. The van der Waals surface area contributed by atoms with Crippen LogP contribution in [0.15, 0.2) is 42.6 Å². The number of H-pyrrole nitrogens is 2. The summed E-state index contributed by atoms with van der Waals surface area (Å²) < 4.78 is 33.2. The van der Waals surface area contributed by atoms with Crippen LogP contribution in [-0.2, 0) is 28.9 Å². The molecule has 1 aliphatic heterocycles. The number of fused-ring (bicyclic) bond motifs is 1. The first-order valence-electron chi connectivity index (χ1n) is 10.8. The summed E-state index contributed by atoms with van der Waals surface area (Å²) in [7, 11) is 0. The number of nitrogens with zero attached hydrogens (tertiary/aromatic N) is 3. The number of carbonyl (C=O) groups excluding carboxylic acids is 1. The molecule has 1 aliphatic rings. The zero-order valence-electron chi connectivity index (χ0n) is 17.9. The standard InChI is InChI=1S/C24H23F2N5O2/c25-19-2-1-3-20(26)18(19)12-17(32)11-16-13-27-30-23(16)24-28-21-5-4-15(10-22(21)29-24)14-31-6-8-33-9-7-31/h1-5,10,13H,6-9,11-12,14H2,(H,27,30)(H,28,29). The van der Waals surface area contributed by atoms with Gasteiger partial charge in [-0.1, -0.05) is 12.1 Å². The molecule has 4 aromatic rings. The molecule has 3 heterocycles. The number of ketones is 1. The second-order valence-corrected chi connectivity index (χ2v) is 8.19. The number of hydrogen-bond acceptors (Lipinski definition) is 5. The van der Waals surface area contributed by atoms with Gasteiger partial charge in [-0.3, -0.25) is 14.8 Å². The third-order valence-corrected chi connectivity index (χ3v) is 5.83. The Bertz CT molecular complexity index is 1270. The van der Waals surface area contributed by atoms with Crippen molar-refractivity contribution in [1.29, 1.82) is 0 Å². The maximum absolute atomic E-state index is 13.9. The van der Waals surface area contributed by atoms with E-state index in [-0.39, 0.29) is 24.2 Å². The number of carbonyl (C=O) groups is 1. The molecule has 2 aromatic heterocycles. The first kappa shape index (κ1) is 21.4.